The fourth-order valence-corrected chi connectivity index (χ4v) is 7.34. The molecule has 0 aromatic heterocycles. The van der Waals surface area contributed by atoms with Crippen LogP contribution in [0.5, 0.6) is 0 Å². The molecule has 0 aliphatic heterocycles. The van der Waals surface area contributed by atoms with Gasteiger partial charge in [-0.15, -0.1) is 0 Å². The Bertz CT molecular complexity index is 2080. The Morgan fingerprint density at radius 2 is 0.918 bits per heavy atom. The third-order valence-corrected chi connectivity index (χ3v) is 9.89. The Balaban J connectivity index is 1.71. The van der Waals surface area contributed by atoms with Crippen LogP contribution in [0, 0.1) is 0 Å². The number of rotatable bonds is 6. The van der Waals surface area contributed by atoms with Crippen molar-refractivity contribution in [3.05, 3.63) is 136 Å². The van der Waals surface area contributed by atoms with Crippen molar-refractivity contribution in [2.75, 3.05) is 4.90 Å². The molecule has 0 atom stereocenters. The summed E-state index contributed by atoms with van der Waals surface area (Å²) in [5, 5.41) is 0. The second kappa shape index (κ2) is 12.6. The first-order chi connectivity index (χ1) is 23.1. The zero-order chi connectivity index (χ0) is 35.4. The second-order valence-electron chi connectivity index (χ2n) is 16.1. The van der Waals surface area contributed by atoms with Crippen LogP contribution in [0.4, 0.5) is 5.69 Å². The van der Waals surface area contributed by atoms with Crippen LogP contribution in [0.15, 0.2) is 108 Å². The summed E-state index contributed by atoms with van der Waals surface area (Å²) < 4.78 is 0. The van der Waals surface area contributed by atoms with Crippen LogP contribution >= 0.6 is 0 Å². The molecule has 250 valence electrons. The standard InChI is InChI=1S/C46H49NO2/c1-28(2)47(29(3)4)35-25-19-30(20-26-35)38-27-39(31-15-21-33(22-16-31)45(5,6)7)44(49)40(32-17-23-34(24-18-32)46(8,9)10)41-36-13-11-12-14-37(36)43(48)42(38)41/h11-29H,1-10H3. The maximum Gasteiger partial charge on any atom is 0.194 e. The lowest BCUT2D eigenvalue weighted by Gasteiger charge is -2.33. The van der Waals surface area contributed by atoms with Gasteiger partial charge in [-0.25, -0.2) is 0 Å². The van der Waals surface area contributed by atoms with Gasteiger partial charge in [0, 0.05) is 45.6 Å². The molecule has 0 unspecified atom stereocenters. The SMILES string of the molecule is CC(C)N(c1ccc(-c2cc(-c3ccc(C(C)(C)C)cc3)c(=O)c(-c3ccc(C(C)(C)C)cc3)c3c2C(=O)c2ccccc2-3)cc1)C(C)C. The molecule has 0 heterocycles. The molecule has 0 saturated carbocycles. The molecule has 0 fully saturated rings. The molecule has 3 nitrogen and oxygen atoms in total. The predicted octanol–water partition coefficient (Wildman–Crippen LogP) is 11.5. The van der Waals surface area contributed by atoms with E-state index >= 15 is 4.79 Å². The van der Waals surface area contributed by atoms with Gasteiger partial charge in [-0.2, -0.15) is 0 Å². The summed E-state index contributed by atoms with van der Waals surface area (Å²) in [7, 11) is 0. The van der Waals surface area contributed by atoms with Gasteiger partial charge in [0.15, 0.2) is 11.2 Å². The molecule has 5 aromatic rings. The molecule has 1 aliphatic rings. The average Bonchev–Trinajstić information content (AvgIpc) is 3.24. The number of ketones is 1. The van der Waals surface area contributed by atoms with E-state index in [2.05, 4.69) is 147 Å². The molecule has 0 radical (unpaired) electrons. The molecule has 0 saturated heterocycles. The molecule has 0 amide bonds. The highest BCUT2D eigenvalue weighted by molar-refractivity contribution is 6.26. The maximum atomic E-state index is 15.2. The van der Waals surface area contributed by atoms with Gasteiger partial charge >= 0.3 is 0 Å². The first kappa shape index (κ1) is 34.1. The Morgan fingerprint density at radius 3 is 1.41 bits per heavy atom. The number of hydrogen-bond donors (Lipinski definition) is 0. The van der Waals surface area contributed by atoms with E-state index in [4.69, 9.17) is 0 Å². The van der Waals surface area contributed by atoms with Crippen molar-refractivity contribution in [2.45, 2.75) is 92.2 Å². The number of carbonyl (C=O) groups is 1. The van der Waals surface area contributed by atoms with Crippen LogP contribution in [0.2, 0.25) is 0 Å². The van der Waals surface area contributed by atoms with Crippen LogP contribution in [0.25, 0.3) is 44.5 Å². The van der Waals surface area contributed by atoms with E-state index < -0.39 is 0 Å². The first-order valence-electron chi connectivity index (χ1n) is 17.6. The van der Waals surface area contributed by atoms with E-state index in [1.54, 1.807) is 0 Å². The zero-order valence-corrected chi connectivity index (χ0v) is 30.7. The van der Waals surface area contributed by atoms with Crippen molar-refractivity contribution in [3.8, 4) is 44.5 Å². The third-order valence-electron chi connectivity index (χ3n) is 9.89. The molecule has 0 bridgehead atoms. The molecule has 6 rings (SSSR count). The molecular weight excluding hydrogens is 599 g/mol. The Morgan fingerprint density at radius 1 is 0.469 bits per heavy atom. The topological polar surface area (TPSA) is 37.4 Å². The second-order valence-corrected chi connectivity index (χ2v) is 16.1. The van der Waals surface area contributed by atoms with Crippen LogP contribution in [0.1, 0.15) is 96.3 Å². The van der Waals surface area contributed by atoms with E-state index in [9.17, 15) is 4.79 Å². The lowest BCUT2D eigenvalue weighted by Crippen LogP contribution is -2.36. The largest absolute Gasteiger partial charge is 0.367 e. The summed E-state index contributed by atoms with van der Waals surface area (Å²) in [5.41, 5.74) is 10.6. The Hall–Kier alpha value is -4.76. The number of hydrogen-bond acceptors (Lipinski definition) is 3. The van der Waals surface area contributed by atoms with Gasteiger partial charge in [0.05, 0.1) is 0 Å². The van der Waals surface area contributed by atoms with E-state index in [0.717, 1.165) is 39.1 Å². The molecule has 1 aliphatic carbocycles. The number of carbonyl (C=O) groups excluding carboxylic acids is 1. The minimum Gasteiger partial charge on any atom is -0.367 e. The van der Waals surface area contributed by atoms with Crippen molar-refractivity contribution in [2.24, 2.45) is 0 Å². The molecule has 5 aromatic carbocycles. The van der Waals surface area contributed by atoms with Crippen LogP contribution in [0.3, 0.4) is 0 Å². The van der Waals surface area contributed by atoms with E-state index in [-0.39, 0.29) is 22.0 Å². The monoisotopic (exact) mass is 647 g/mol. The lowest BCUT2D eigenvalue weighted by molar-refractivity contribution is 0.104. The summed E-state index contributed by atoms with van der Waals surface area (Å²) >= 11 is 0. The van der Waals surface area contributed by atoms with Gasteiger partial charge in [-0.3, -0.25) is 9.59 Å². The minimum atomic E-state index is -0.0820. The lowest BCUT2D eigenvalue weighted by atomic mass is 9.85. The van der Waals surface area contributed by atoms with Crippen LogP contribution in [-0.4, -0.2) is 17.9 Å². The molecule has 0 spiro atoms. The van der Waals surface area contributed by atoms with Gasteiger partial charge in [0.25, 0.3) is 0 Å². The quantitative estimate of drug-likeness (QED) is 0.180. The highest BCUT2D eigenvalue weighted by atomic mass is 16.1. The van der Waals surface area contributed by atoms with E-state index in [1.165, 1.54) is 11.1 Å². The molecule has 49 heavy (non-hydrogen) atoms. The highest BCUT2D eigenvalue weighted by Gasteiger charge is 2.34. The smallest absolute Gasteiger partial charge is 0.194 e. The first-order valence-corrected chi connectivity index (χ1v) is 17.6. The average molecular weight is 648 g/mol. The molecular formula is C46H49NO2. The minimum absolute atomic E-state index is 0.0236. The van der Waals surface area contributed by atoms with Gasteiger partial charge in [0.2, 0.25) is 0 Å². The Kier molecular flexibility index (Phi) is 8.77. The van der Waals surface area contributed by atoms with Crippen molar-refractivity contribution in [1.29, 1.82) is 0 Å². The number of fused-ring (bicyclic) bond motifs is 3. The fourth-order valence-electron chi connectivity index (χ4n) is 7.34. The summed E-state index contributed by atoms with van der Waals surface area (Å²) in [6.07, 6.45) is 0. The van der Waals surface area contributed by atoms with E-state index in [0.29, 0.717) is 34.3 Å². The summed E-state index contributed by atoms with van der Waals surface area (Å²) in [6, 6.07) is 35.5. The summed E-state index contributed by atoms with van der Waals surface area (Å²) in [5.74, 6) is -0.0483. The van der Waals surface area contributed by atoms with Crippen molar-refractivity contribution >= 4 is 11.5 Å². The molecule has 3 heteroatoms. The third kappa shape index (κ3) is 6.28. The van der Waals surface area contributed by atoms with Crippen LogP contribution in [-0.2, 0) is 10.8 Å². The highest BCUT2D eigenvalue weighted by Crippen LogP contribution is 2.46. The van der Waals surface area contributed by atoms with Gasteiger partial charge in [-0.05, 0) is 95.7 Å². The van der Waals surface area contributed by atoms with Crippen molar-refractivity contribution in [1.82, 2.24) is 0 Å². The van der Waals surface area contributed by atoms with Gasteiger partial charge < -0.3 is 4.90 Å². The number of anilines is 1. The van der Waals surface area contributed by atoms with Crippen LogP contribution < -0.4 is 10.3 Å². The Labute approximate surface area is 292 Å². The predicted molar refractivity (Wildman–Crippen MR) is 208 cm³/mol. The normalized spacial score (nSPS) is 12.8. The van der Waals surface area contributed by atoms with Crippen molar-refractivity contribution < 1.29 is 4.79 Å². The number of benzene rings is 4. The maximum absolute atomic E-state index is 15.2. The summed E-state index contributed by atoms with van der Waals surface area (Å²) in [4.78, 5) is 32.1. The zero-order valence-electron chi connectivity index (χ0n) is 30.7. The molecule has 0 N–H and O–H groups in total. The van der Waals surface area contributed by atoms with Gasteiger partial charge in [-0.1, -0.05) is 126 Å². The van der Waals surface area contributed by atoms with Crippen molar-refractivity contribution in [3.63, 3.8) is 0 Å². The van der Waals surface area contributed by atoms with E-state index in [1.807, 2.05) is 30.3 Å². The fraction of sp³-hybridized carbons (Fsp3) is 0.304. The van der Waals surface area contributed by atoms with Gasteiger partial charge in [0.1, 0.15) is 0 Å². The number of nitrogens with zero attached hydrogens (tertiary/aromatic N) is 1. The summed E-state index contributed by atoms with van der Waals surface area (Å²) in [6.45, 7) is 22.0.